The van der Waals surface area contributed by atoms with Crippen molar-refractivity contribution in [3.05, 3.63) is 46.9 Å². The average molecular weight is 692 g/mol. The number of amides is 1. The molecule has 2 saturated heterocycles. The number of benzene rings is 1. The number of hydrogen-bond donors (Lipinski definition) is 1. The zero-order chi connectivity index (χ0) is 34.3. The minimum Gasteiger partial charge on any atom is -0.456 e. The number of carbonyl (C=O) groups is 1. The fraction of sp³-hybridized carbons (Fsp3) is 0.516. The molecule has 48 heavy (non-hydrogen) atoms. The molecular formula is C31H34ClF4N9O3. The Labute approximate surface area is 278 Å². The number of halogens is 5. The molecule has 0 aliphatic carbocycles. The molecule has 1 amide bonds. The molecule has 3 aliphatic heterocycles. The molecule has 12 nitrogen and oxygen atoms in total. The van der Waals surface area contributed by atoms with Crippen molar-refractivity contribution in [2.24, 2.45) is 0 Å². The van der Waals surface area contributed by atoms with E-state index in [0.29, 0.717) is 37.3 Å². The van der Waals surface area contributed by atoms with Crippen molar-refractivity contribution in [1.29, 1.82) is 5.26 Å². The third kappa shape index (κ3) is 6.22. The first-order valence-corrected chi connectivity index (χ1v) is 15.8. The van der Waals surface area contributed by atoms with Crippen LogP contribution >= 0.6 is 11.6 Å². The number of hydrogen-bond acceptors (Lipinski definition) is 10. The number of H-pyrrole nitrogens is 1. The van der Waals surface area contributed by atoms with Gasteiger partial charge in [0.15, 0.2) is 6.04 Å². The highest BCUT2D eigenvalue weighted by molar-refractivity contribution is 6.32. The van der Waals surface area contributed by atoms with Crippen LogP contribution in [0.15, 0.2) is 24.9 Å². The zero-order valence-electron chi connectivity index (χ0n) is 26.3. The van der Waals surface area contributed by atoms with Gasteiger partial charge in [-0.25, -0.2) is 4.39 Å². The maximum Gasteiger partial charge on any atom is 0.413 e. The molecule has 2 fully saturated rings. The minimum absolute atomic E-state index is 0.0255. The van der Waals surface area contributed by atoms with Crippen LogP contribution in [-0.4, -0.2) is 114 Å². The zero-order valence-corrected chi connectivity index (χ0v) is 27.1. The lowest BCUT2D eigenvalue weighted by atomic mass is 9.96. The summed E-state index contributed by atoms with van der Waals surface area (Å²) in [5.41, 5.74) is 0.0213. The molecule has 1 aromatic carbocycles. The quantitative estimate of drug-likeness (QED) is 0.273. The summed E-state index contributed by atoms with van der Waals surface area (Å²) in [6.07, 6.45) is -2.74. The summed E-state index contributed by atoms with van der Waals surface area (Å²) >= 11 is 6.32. The molecule has 0 bridgehead atoms. The van der Waals surface area contributed by atoms with E-state index in [4.69, 9.17) is 26.1 Å². The number of aromatic amines is 1. The summed E-state index contributed by atoms with van der Waals surface area (Å²) < 4.78 is 72.8. The van der Waals surface area contributed by atoms with Crippen LogP contribution in [0.3, 0.4) is 0 Å². The number of anilines is 2. The van der Waals surface area contributed by atoms with E-state index in [1.165, 1.54) is 12.3 Å². The number of carbonyl (C=O) groups excluding carboxylic acids is 1. The average Bonchev–Trinajstić information content (AvgIpc) is 3.67. The van der Waals surface area contributed by atoms with Gasteiger partial charge in [-0.3, -0.25) is 14.8 Å². The number of methoxy groups -OCH3 is 1. The highest BCUT2D eigenvalue weighted by Gasteiger charge is 2.49. The van der Waals surface area contributed by atoms with Crippen LogP contribution in [0, 0.1) is 17.1 Å². The second kappa shape index (κ2) is 13.4. The molecular weight excluding hydrogens is 658 g/mol. The molecule has 5 heterocycles. The standard InChI is InChI=1S/C31H34ClF4N9O3/c1-4-24(46)44-11-10-43(14-17(44)7-8-37)28-18-6-5-9-45(29(18)40-30(39-28)48-23-16-42(2)15-22(23)47-3)27(31(34,35)36)25-19-13-38-41-21(19)12-20(33)26(25)32/h4,12-13,17,22-23,27H,1,5-7,9-11,14-16H2,2-3H3,(H,38,41)/t17-,22+,23+,27?/m0/s1. The largest absolute Gasteiger partial charge is 0.456 e. The Morgan fingerprint density at radius 1 is 1.23 bits per heavy atom. The molecule has 4 atom stereocenters. The predicted octanol–water partition coefficient (Wildman–Crippen LogP) is 4.03. The second-order valence-corrected chi connectivity index (χ2v) is 12.5. The van der Waals surface area contributed by atoms with Gasteiger partial charge in [0.2, 0.25) is 5.91 Å². The molecule has 256 valence electrons. The number of rotatable bonds is 8. The predicted molar refractivity (Wildman–Crippen MR) is 168 cm³/mol. The van der Waals surface area contributed by atoms with Crippen LogP contribution in [0.2, 0.25) is 5.02 Å². The molecule has 2 aromatic heterocycles. The lowest BCUT2D eigenvalue weighted by Crippen LogP contribution is -2.55. The van der Waals surface area contributed by atoms with E-state index in [2.05, 4.69) is 27.8 Å². The van der Waals surface area contributed by atoms with Gasteiger partial charge in [0, 0.05) is 69.0 Å². The van der Waals surface area contributed by atoms with Crippen molar-refractivity contribution in [2.75, 3.05) is 63.2 Å². The van der Waals surface area contributed by atoms with E-state index in [0.717, 1.165) is 11.0 Å². The number of nitrogens with zero attached hydrogens (tertiary/aromatic N) is 8. The number of aromatic nitrogens is 4. The van der Waals surface area contributed by atoms with Gasteiger partial charge < -0.3 is 24.2 Å². The fourth-order valence-corrected chi connectivity index (χ4v) is 7.22. The molecule has 17 heteroatoms. The van der Waals surface area contributed by atoms with E-state index in [9.17, 15) is 10.1 Å². The van der Waals surface area contributed by atoms with Crippen LogP contribution in [-0.2, 0) is 16.0 Å². The highest BCUT2D eigenvalue weighted by Crippen LogP contribution is 2.48. The van der Waals surface area contributed by atoms with Gasteiger partial charge in [-0.1, -0.05) is 18.2 Å². The van der Waals surface area contributed by atoms with Crippen molar-refractivity contribution < 1.29 is 31.8 Å². The third-order valence-corrected chi connectivity index (χ3v) is 9.52. The van der Waals surface area contributed by atoms with Gasteiger partial charge in [-0.15, -0.1) is 0 Å². The number of fused-ring (bicyclic) bond motifs is 2. The molecule has 1 N–H and O–H groups in total. The lowest BCUT2D eigenvalue weighted by Gasteiger charge is -2.43. The fourth-order valence-electron chi connectivity index (χ4n) is 6.96. The van der Waals surface area contributed by atoms with Crippen molar-refractivity contribution in [1.82, 2.24) is 30.0 Å². The molecule has 0 saturated carbocycles. The Morgan fingerprint density at radius 2 is 1.98 bits per heavy atom. The third-order valence-electron chi connectivity index (χ3n) is 9.14. The minimum atomic E-state index is -4.92. The first-order valence-electron chi connectivity index (χ1n) is 15.4. The van der Waals surface area contributed by atoms with Crippen LogP contribution in [0.4, 0.5) is 29.2 Å². The summed E-state index contributed by atoms with van der Waals surface area (Å²) in [5, 5.41) is 15.3. The monoisotopic (exact) mass is 691 g/mol. The second-order valence-electron chi connectivity index (χ2n) is 12.1. The number of likely N-dealkylation sites (tertiary alicyclic amines) is 1. The maximum atomic E-state index is 15.3. The Morgan fingerprint density at radius 3 is 2.69 bits per heavy atom. The first-order chi connectivity index (χ1) is 22.9. The van der Waals surface area contributed by atoms with Gasteiger partial charge in [-0.05, 0) is 26.0 Å². The maximum absolute atomic E-state index is 15.3. The van der Waals surface area contributed by atoms with Crippen molar-refractivity contribution in [2.45, 2.75) is 49.7 Å². The molecule has 6 rings (SSSR count). The number of alkyl halides is 3. The normalized spacial score (nSPS) is 22.5. The van der Waals surface area contributed by atoms with Crippen LogP contribution in [0.1, 0.15) is 30.0 Å². The summed E-state index contributed by atoms with van der Waals surface area (Å²) in [7, 11) is 3.44. The molecule has 0 radical (unpaired) electrons. The Bertz CT molecular complexity index is 1750. The van der Waals surface area contributed by atoms with Gasteiger partial charge in [0.25, 0.3) is 0 Å². The van der Waals surface area contributed by atoms with E-state index in [-0.39, 0.29) is 67.3 Å². The molecule has 0 spiro atoms. The van der Waals surface area contributed by atoms with Crippen LogP contribution in [0.5, 0.6) is 6.01 Å². The van der Waals surface area contributed by atoms with Gasteiger partial charge in [-0.2, -0.15) is 33.5 Å². The highest BCUT2D eigenvalue weighted by atomic mass is 35.5. The van der Waals surface area contributed by atoms with Crippen LogP contribution < -0.4 is 14.5 Å². The molecule has 3 aromatic rings. The van der Waals surface area contributed by atoms with Gasteiger partial charge in [0.1, 0.15) is 29.7 Å². The van der Waals surface area contributed by atoms with Crippen molar-refractivity contribution in [3.8, 4) is 12.1 Å². The molecule has 3 aliphatic rings. The topological polar surface area (TPSA) is 127 Å². The Hall–Kier alpha value is -4.20. The van der Waals surface area contributed by atoms with Crippen molar-refractivity contribution in [3.63, 3.8) is 0 Å². The molecule has 1 unspecified atom stereocenters. The first kappa shape index (κ1) is 33.7. The SMILES string of the molecule is C=CC(=O)N1CCN(c2nc(O[C@@H]3CN(C)C[C@H]3OC)nc3c2CCCN3C(c2c(Cl)c(F)cc3[nH]ncc23)C(F)(F)F)C[C@@H]1CC#N. The number of nitriles is 1. The summed E-state index contributed by atoms with van der Waals surface area (Å²) in [6, 6.07) is 0.0625. The summed E-state index contributed by atoms with van der Waals surface area (Å²) in [5.74, 6) is -1.03. The van der Waals surface area contributed by atoms with E-state index in [1.807, 2.05) is 16.8 Å². The van der Waals surface area contributed by atoms with E-state index in [1.54, 1.807) is 12.0 Å². The summed E-state index contributed by atoms with van der Waals surface area (Å²) in [4.78, 5) is 28.4. The number of ether oxygens (including phenoxy) is 2. The van der Waals surface area contributed by atoms with Gasteiger partial charge >= 0.3 is 12.2 Å². The Kier molecular flexibility index (Phi) is 9.38. The number of piperazine rings is 1. The number of nitrogens with one attached hydrogen (secondary N) is 1. The Balaban J connectivity index is 1.50. The lowest BCUT2D eigenvalue weighted by molar-refractivity contribution is -0.150. The van der Waals surface area contributed by atoms with Gasteiger partial charge in [0.05, 0.1) is 35.3 Å². The van der Waals surface area contributed by atoms with Crippen molar-refractivity contribution >= 4 is 40.0 Å². The van der Waals surface area contributed by atoms with E-state index >= 15 is 17.6 Å². The summed E-state index contributed by atoms with van der Waals surface area (Å²) in [6.45, 7) is 5.23. The van der Waals surface area contributed by atoms with Crippen LogP contribution in [0.25, 0.3) is 10.9 Å². The smallest absolute Gasteiger partial charge is 0.413 e. The number of likely N-dealkylation sites (N-methyl/N-ethyl adjacent to an activating group) is 1. The van der Waals surface area contributed by atoms with E-state index < -0.39 is 40.8 Å².